The van der Waals surface area contributed by atoms with Gasteiger partial charge in [0.15, 0.2) is 0 Å². The van der Waals surface area contributed by atoms with E-state index in [1.165, 1.54) is 6.20 Å². The molecule has 1 heterocycles. The first-order valence-corrected chi connectivity index (χ1v) is 5.68. The molecule has 0 aliphatic rings. The van der Waals surface area contributed by atoms with Crippen molar-refractivity contribution in [1.82, 2.24) is 4.98 Å². The normalized spacial score (nSPS) is 11.9. The summed E-state index contributed by atoms with van der Waals surface area (Å²) < 4.78 is 4.86. The maximum atomic E-state index is 11.4. The molecule has 0 aromatic carbocycles. The molecule has 1 aromatic heterocycles. The largest absolute Gasteiger partial charge is 0.462 e. The van der Waals surface area contributed by atoms with Crippen molar-refractivity contribution < 1.29 is 14.6 Å². The summed E-state index contributed by atoms with van der Waals surface area (Å²) >= 11 is 0. The third kappa shape index (κ3) is 4.40. The molecule has 17 heavy (non-hydrogen) atoms. The van der Waals surface area contributed by atoms with Crippen LogP contribution in [0.3, 0.4) is 0 Å². The Bertz CT molecular complexity index is 351. The summed E-state index contributed by atoms with van der Waals surface area (Å²) in [7, 11) is 0. The number of esters is 1. The summed E-state index contributed by atoms with van der Waals surface area (Å²) in [6.45, 7) is 4.20. The second-order valence-electron chi connectivity index (χ2n) is 3.71. The summed E-state index contributed by atoms with van der Waals surface area (Å²) in [5.74, 6) is 0.314. The van der Waals surface area contributed by atoms with Gasteiger partial charge in [-0.3, -0.25) is 0 Å². The highest BCUT2D eigenvalue weighted by molar-refractivity contribution is 5.89. The lowest BCUT2D eigenvalue weighted by atomic mass is 10.2. The van der Waals surface area contributed by atoms with Gasteiger partial charge < -0.3 is 15.2 Å². The highest BCUT2D eigenvalue weighted by Gasteiger charge is 2.07. The van der Waals surface area contributed by atoms with Gasteiger partial charge in [-0.2, -0.15) is 0 Å². The molecule has 5 nitrogen and oxygen atoms in total. The predicted octanol–water partition coefficient (Wildman–Crippen LogP) is 1.44. The number of ether oxygens (including phenoxy) is 1. The van der Waals surface area contributed by atoms with Crippen LogP contribution >= 0.6 is 0 Å². The van der Waals surface area contributed by atoms with Gasteiger partial charge in [0.2, 0.25) is 0 Å². The van der Waals surface area contributed by atoms with E-state index >= 15 is 0 Å². The number of carbonyl (C=O) groups is 1. The molecule has 0 amide bonds. The Balaban J connectivity index is 2.58. The van der Waals surface area contributed by atoms with Crippen molar-refractivity contribution in [2.24, 2.45) is 0 Å². The summed E-state index contributed by atoms with van der Waals surface area (Å²) in [6, 6.07) is 3.53. The van der Waals surface area contributed by atoms with Crippen LogP contribution in [0.2, 0.25) is 0 Å². The maximum Gasteiger partial charge on any atom is 0.339 e. The molecule has 0 aliphatic carbocycles. The van der Waals surface area contributed by atoms with Gasteiger partial charge >= 0.3 is 5.97 Å². The molecule has 94 valence electrons. The van der Waals surface area contributed by atoms with Gasteiger partial charge in [-0.15, -0.1) is 0 Å². The SMILES string of the molecule is CCOC(=O)c1ccc(N[C@H](C)CCO)nc1. The van der Waals surface area contributed by atoms with Gasteiger partial charge in [0.05, 0.1) is 12.2 Å². The van der Waals surface area contributed by atoms with E-state index in [-0.39, 0.29) is 18.6 Å². The van der Waals surface area contributed by atoms with E-state index in [1.54, 1.807) is 19.1 Å². The zero-order valence-electron chi connectivity index (χ0n) is 10.1. The number of nitrogens with zero attached hydrogens (tertiary/aromatic N) is 1. The summed E-state index contributed by atoms with van der Waals surface area (Å²) in [5, 5.41) is 11.9. The molecule has 2 N–H and O–H groups in total. The number of aliphatic hydroxyl groups excluding tert-OH is 1. The lowest BCUT2D eigenvalue weighted by Crippen LogP contribution is -2.17. The molecular formula is C12H18N2O3. The highest BCUT2D eigenvalue weighted by Crippen LogP contribution is 2.08. The first-order valence-electron chi connectivity index (χ1n) is 5.68. The van der Waals surface area contributed by atoms with Crippen molar-refractivity contribution in [2.75, 3.05) is 18.5 Å². The van der Waals surface area contributed by atoms with Crippen LogP contribution < -0.4 is 5.32 Å². The summed E-state index contributed by atoms with van der Waals surface area (Å²) in [6.07, 6.45) is 2.13. The van der Waals surface area contributed by atoms with Gasteiger partial charge in [0.1, 0.15) is 5.82 Å². The van der Waals surface area contributed by atoms with Gasteiger partial charge in [-0.05, 0) is 32.4 Å². The molecule has 0 unspecified atom stereocenters. The Morgan fingerprint density at radius 2 is 2.35 bits per heavy atom. The fraction of sp³-hybridized carbons (Fsp3) is 0.500. The molecule has 1 rings (SSSR count). The standard InChI is InChI=1S/C12H18N2O3/c1-3-17-12(16)10-4-5-11(13-8-10)14-9(2)6-7-15/h4-5,8-9,15H,3,6-7H2,1-2H3,(H,13,14)/t9-/m1/s1. The number of hydrogen-bond donors (Lipinski definition) is 2. The molecule has 0 radical (unpaired) electrons. The molecule has 1 atom stereocenters. The monoisotopic (exact) mass is 238 g/mol. The van der Waals surface area contributed by atoms with Crippen LogP contribution in [0.4, 0.5) is 5.82 Å². The highest BCUT2D eigenvalue weighted by atomic mass is 16.5. The van der Waals surface area contributed by atoms with E-state index in [1.807, 2.05) is 6.92 Å². The van der Waals surface area contributed by atoms with Crippen molar-refractivity contribution >= 4 is 11.8 Å². The van der Waals surface area contributed by atoms with E-state index in [9.17, 15) is 4.79 Å². The molecule has 1 aromatic rings. The van der Waals surface area contributed by atoms with Gasteiger partial charge in [-0.25, -0.2) is 9.78 Å². The Hall–Kier alpha value is -1.62. The van der Waals surface area contributed by atoms with Crippen LogP contribution in [0, 0.1) is 0 Å². The van der Waals surface area contributed by atoms with E-state index in [0.29, 0.717) is 24.4 Å². The number of pyridine rings is 1. The molecule has 0 spiro atoms. The van der Waals surface area contributed by atoms with Crippen molar-refractivity contribution in [3.63, 3.8) is 0 Å². The van der Waals surface area contributed by atoms with E-state index < -0.39 is 0 Å². The molecule has 0 fully saturated rings. The quantitative estimate of drug-likeness (QED) is 0.734. The molecule has 5 heteroatoms. The van der Waals surface area contributed by atoms with Crippen LogP contribution in [0.25, 0.3) is 0 Å². The third-order valence-electron chi connectivity index (χ3n) is 2.23. The molecular weight excluding hydrogens is 220 g/mol. The average Bonchev–Trinajstić information content (AvgIpc) is 2.30. The smallest absolute Gasteiger partial charge is 0.339 e. The second kappa shape index (κ2) is 6.85. The van der Waals surface area contributed by atoms with E-state index in [0.717, 1.165) is 0 Å². The lowest BCUT2D eigenvalue weighted by molar-refractivity contribution is 0.0526. The molecule has 0 saturated carbocycles. The summed E-state index contributed by atoms with van der Waals surface area (Å²) in [5.41, 5.74) is 0.437. The predicted molar refractivity (Wildman–Crippen MR) is 65.0 cm³/mol. The van der Waals surface area contributed by atoms with Crippen LogP contribution in [-0.4, -0.2) is 35.3 Å². The maximum absolute atomic E-state index is 11.4. The van der Waals surface area contributed by atoms with Crippen LogP contribution in [-0.2, 0) is 4.74 Å². The lowest BCUT2D eigenvalue weighted by Gasteiger charge is -2.12. The minimum Gasteiger partial charge on any atom is -0.462 e. The number of hydrogen-bond acceptors (Lipinski definition) is 5. The fourth-order valence-electron chi connectivity index (χ4n) is 1.33. The van der Waals surface area contributed by atoms with Crippen LogP contribution in [0.1, 0.15) is 30.6 Å². The van der Waals surface area contributed by atoms with Gasteiger partial charge in [0.25, 0.3) is 0 Å². The average molecular weight is 238 g/mol. The number of aromatic nitrogens is 1. The van der Waals surface area contributed by atoms with E-state index in [2.05, 4.69) is 10.3 Å². The summed E-state index contributed by atoms with van der Waals surface area (Å²) in [4.78, 5) is 15.5. The Labute approximate surface area is 101 Å². The first-order chi connectivity index (χ1) is 8.17. The topological polar surface area (TPSA) is 71.5 Å². The fourth-order valence-corrected chi connectivity index (χ4v) is 1.33. The minimum absolute atomic E-state index is 0.134. The van der Waals surface area contributed by atoms with Crippen molar-refractivity contribution in [3.8, 4) is 0 Å². The number of nitrogens with one attached hydrogen (secondary N) is 1. The van der Waals surface area contributed by atoms with Crippen molar-refractivity contribution in [3.05, 3.63) is 23.9 Å². The minimum atomic E-state index is -0.366. The Morgan fingerprint density at radius 3 is 2.88 bits per heavy atom. The first kappa shape index (κ1) is 13.4. The number of anilines is 1. The molecule has 0 bridgehead atoms. The van der Waals surface area contributed by atoms with Crippen molar-refractivity contribution in [2.45, 2.75) is 26.3 Å². The Kier molecular flexibility index (Phi) is 5.42. The van der Waals surface area contributed by atoms with Gasteiger partial charge in [0, 0.05) is 18.8 Å². The zero-order valence-corrected chi connectivity index (χ0v) is 10.1. The van der Waals surface area contributed by atoms with Crippen LogP contribution in [0.5, 0.6) is 0 Å². The van der Waals surface area contributed by atoms with Crippen LogP contribution in [0.15, 0.2) is 18.3 Å². The van der Waals surface area contributed by atoms with Gasteiger partial charge in [-0.1, -0.05) is 0 Å². The number of rotatable bonds is 6. The number of carbonyl (C=O) groups excluding carboxylic acids is 1. The zero-order chi connectivity index (χ0) is 12.7. The molecule has 0 saturated heterocycles. The second-order valence-corrected chi connectivity index (χ2v) is 3.71. The Morgan fingerprint density at radius 1 is 1.59 bits per heavy atom. The number of aliphatic hydroxyl groups is 1. The third-order valence-corrected chi connectivity index (χ3v) is 2.23. The van der Waals surface area contributed by atoms with E-state index in [4.69, 9.17) is 9.84 Å². The van der Waals surface area contributed by atoms with Crippen molar-refractivity contribution in [1.29, 1.82) is 0 Å². The molecule has 0 aliphatic heterocycles.